The van der Waals surface area contributed by atoms with Crippen molar-refractivity contribution in [3.8, 4) is 11.1 Å². The number of nitrogen functional groups attached to an aromatic ring is 1. The molecule has 0 saturated carbocycles. The van der Waals surface area contributed by atoms with Crippen molar-refractivity contribution in [1.29, 1.82) is 0 Å². The lowest BCUT2D eigenvalue weighted by Crippen LogP contribution is -2.43. The number of rotatable bonds is 6. The SMILES string of the molecule is Cc1cc(-c2cc(CCNC(=O)c3sc4nc(C)ccc4c3N)ccc2N2CCNCC2)ccn1. The Morgan fingerprint density at radius 1 is 1.11 bits per heavy atom. The van der Waals surface area contributed by atoms with Crippen LogP contribution in [-0.4, -0.2) is 48.6 Å². The Kier molecular flexibility index (Phi) is 6.66. The third kappa shape index (κ3) is 4.99. The smallest absolute Gasteiger partial charge is 0.263 e. The molecule has 1 fully saturated rings. The first-order valence-corrected chi connectivity index (χ1v) is 12.8. The minimum Gasteiger partial charge on any atom is -0.397 e. The molecule has 4 aromatic rings. The van der Waals surface area contributed by atoms with Crippen LogP contribution in [0.4, 0.5) is 11.4 Å². The zero-order valence-electron chi connectivity index (χ0n) is 20.1. The Hall–Kier alpha value is -3.49. The molecule has 0 bridgehead atoms. The van der Waals surface area contributed by atoms with Crippen molar-refractivity contribution in [2.24, 2.45) is 0 Å². The summed E-state index contributed by atoms with van der Waals surface area (Å²) < 4.78 is 0. The molecule has 35 heavy (non-hydrogen) atoms. The quantitative estimate of drug-likeness (QED) is 0.382. The van der Waals surface area contributed by atoms with Gasteiger partial charge in [-0.25, -0.2) is 4.98 Å². The highest BCUT2D eigenvalue weighted by atomic mass is 32.1. The molecule has 180 valence electrons. The zero-order chi connectivity index (χ0) is 24.4. The van der Waals surface area contributed by atoms with Gasteiger partial charge in [0.15, 0.2) is 0 Å². The number of piperazine rings is 1. The molecule has 0 atom stereocenters. The lowest BCUT2D eigenvalue weighted by molar-refractivity contribution is 0.0959. The Bertz CT molecular complexity index is 1380. The standard InChI is InChI=1S/C27H30N6OS/c1-17-3-5-21-24(28)25(35-27(21)32-17)26(34)31-9-7-19-4-6-23(33-13-11-29-12-14-33)22(16-19)20-8-10-30-18(2)15-20/h3-6,8,10,15-16,29H,7,9,11-14,28H2,1-2H3,(H,31,34). The highest BCUT2D eigenvalue weighted by Crippen LogP contribution is 2.34. The normalized spacial score (nSPS) is 13.8. The van der Waals surface area contributed by atoms with Gasteiger partial charge in [0.25, 0.3) is 5.91 Å². The Balaban J connectivity index is 1.33. The maximum absolute atomic E-state index is 12.9. The van der Waals surface area contributed by atoms with Crippen LogP contribution in [0.5, 0.6) is 0 Å². The fourth-order valence-electron chi connectivity index (χ4n) is 4.52. The second-order valence-corrected chi connectivity index (χ2v) is 9.93. The predicted octanol–water partition coefficient (Wildman–Crippen LogP) is 3.94. The summed E-state index contributed by atoms with van der Waals surface area (Å²) in [7, 11) is 0. The van der Waals surface area contributed by atoms with E-state index in [4.69, 9.17) is 5.73 Å². The summed E-state index contributed by atoms with van der Waals surface area (Å²) in [6, 6.07) is 14.7. The number of nitrogens with two attached hydrogens (primary N) is 1. The van der Waals surface area contributed by atoms with E-state index in [9.17, 15) is 4.79 Å². The van der Waals surface area contributed by atoms with Gasteiger partial charge in [-0.15, -0.1) is 11.3 Å². The fraction of sp³-hybridized carbons (Fsp3) is 0.296. The van der Waals surface area contributed by atoms with Gasteiger partial charge in [-0.2, -0.15) is 0 Å². The molecule has 0 unspecified atom stereocenters. The first-order valence-electron chi connectivity index (χ1n) is 11.9. The lowest BCUT2D eigenvalue weighted by atomic mass is 9.98. The maximum Gasteiger partial charge on any atom is 0.263 e. The number of carbonyl (C=O) groups is 1. The van der Waals surface area contributed by atoms with E-state index in [1.807, 2.05) is 32.2 Å². The van der Waals surface area contributed by atoms with E-state index in [0.717, 1.165) is 59.8 Å². The molecule has 0 spiro atoms. The first kappa shape index (κ1) is 23.3. The minimum atomic E-state index is -0.148. The van der Waals surface area contributed by atoms with Crippen molar-refractivity contribution in [1.82, 2.24) is 20.6 Å². The molecule has 0 aliphatic carbocycles. The zero-order valence-corrected chi connectivity index (χ0v) is 20.9. The Labute approximate surface area is 209 Å². The number of nitrogens with one attached hydrogen (secondary N) is 2. The summed E-state index contributed by atoms with van der Waals surface area (Å²) in [5.41, 5.74) is 13.5. The minimum absolute atomic E-state index is 0.148. The van der Waals surface area contributed by atoms with Crippen molar-refractivity contribution < 1.29 is 4.79 Å². The van der Waals surface area contributed by atoms with Crippen LogP contribution in [0.15, 0.2) is 48.7 Å². The van der Waals surface area contributed by atoms with Crippen LogP contribution in [0, 0.1) is 13.8 Å². The monoisotopic (exact) mass is 486 g/mol. The van der Waals surface area contributed by atoms with Gasteiger partial charge in [-0.3, -0.25) is 9.78 Å². The molecule has 7 nitrogen and oxygen atoms in total. The van der Waals surface area contributed by atoms with Crippen LogP contribution < -0.4 is 21.3 Å². The maximum atomic E-state index is 12.9. The molecule has 4 N–H and O–H groups in total. The summed E-state index contributed by atoms with van der Waals surface area (Å²) in [5.74, 6) is -0.148. The summed E-state index contributed by atoms with van der Waals surface area (Å²) in [5, 5.41) is 7.31. The van der Waals surface area contributed by atoms with Crippen molar-refractivity contribution in [2.45, 2.75) is 20.3 Å². The molecule has 1 saturated heterocycles. The number of anilines is 2. The van der Waals surface area contributed by atoms with Crippen molar-refractivity contribution in [3.63, 3.8) is 0 Å². The van der Waals surface area contributed by atoms with Crippen LogP contribution in [0.1, 0.15) is 26.6 Å². The first-order chi connectivity index (χ1) is 17.0. The van der Waals surface area contributed by atoms with E-state index in [0.29, 0.717) is 17.1 Å². The largest absolute Gasteiger partial charge is 0.397 e. The molecule has 1 aliphatic heterocycles. The molecule has 5 rings (SSSR count). The number of thiophene rings is 1. The molecule has 8 heteroatoms. The highest BCUT2D eigenvalue weighted by Gasteiger charge is 2.18. The molecule has 1 aliphatic rings. The molecule has 3 aromatic heterocycles. The van der Waals surface area contributed by atoms with Crippen molar-refractivity contribution in [2.75, 3.05) is 43.4 Å². The number of aromatic nitrogens is 2. The van der Waals surface area contributed by atoms with Crippen molar-refractivity contribution in [3.05, 3.63) is 70.5 Å². The van der Waals surface area contributed by atoms with Gasteiger partial charge in [0.05, 0.1) is 5.69 Å². The van der Waals surface area contributed by atoms with Crippen LogP contribution >= 0.6 is 11.3 Å². The molecule has 0 radical (unpaired) electrons. The third-order valence-electron chi connectivity index (χ3n) is 6.36. The number of nitrogens with zero attached hydrogens (tertiary/aromatic N) is 3. The van der Waals surface area contributed by atoms with Crippen LogP contribution in [0.25, 0.3) is 21.3 Å². The number of benzene rings is 1. The van der Waals surface area contributed by atoms with E-state index in [2.05, 4.69) is 55.8 Å². The number of hydrogen-bond donors (Lipinski definition) is 3. The van der Waals surface area contributed by atoms with Gasteiger partial charge < -0.3 is 21.3 Å². The number of pyridine rings is 2. The summed E-state index contributed by atoms with van der Waals surface area (Å²) in [4.78, 5) is 25.5. The molecular formula is C27H30N6OS. The van der Waals surface area contributed by atoms with Crippen LogP contribution in [-0.2, 0) is 6.42 Å². The summed E-state index contributed by atoms with van der Waals surface area (Å²) in [6.45, 7) is 8.42. The van der Waals surface area contributed by atoms with Crippen LogP contribution in [0.3, 0.4) is 0 Å². The average Bonchev–Trinajstić information content (AvgIpc) is 3.20. The number of amides is 1. The molecule has 1 aromatic carbocycles. The topological polar surface area (TPSA) is 96.2 Å². The van der Waals surface area contributed by atoms with E-state index < -0.39 is 0 Å². The summed E-state index contributed by atoms with van der Waals surface area (Å²) in [6.07, 6.45) is 2.59. The van der Waals surface area contributed by atoms with Gasteiger partial charge in [-0.1, -0.05) is 6.07 Å². The van der Waals surface area contributed by atoms with Gasteiger partial charge in [-0.05, 0) is 67.8 Å². The second kappa shape index (κ2) is 10.0. The van der Waals surface area contributed by atoms with Crippen molar-refractivity contribution >= 4 is 38.8 Å². The second-order valence-electron chi connectivity index (χ2n) is 8.93. The molecule has 1 amide bonds. The predicted molar refractivity (Wildman–Crippen MR) is 144 cm³/mol. The van der Waals surface area contributed by atoms with Gasteiger partial charge in [0, 0.05) is 66.9 Å². The van der Waals surface area contributed by atoms with E-state index in [-0.39, 0.29) is 5.91 Å². The average molecular weight is 487 g/mol. The van der Waals surface area contributed by atoms with E-state index >= 15 is 0 Å². The third-order valence-corrected chi connectivity index (χ3v) is 7.48. The highest BCUT2D eigenvalue weighted by molar-refractivity contribution is 7.21. The van der Waals surface area contributed by atoms with Gasteiger partial charge >= 0.3 is 0 Å². The fourth-order valence-corrected chi connectivity index (χ4v) is 5.58. The van der Waals surface area contributed by atoms with E-state index in [1.54, 1.807) is 0 Å². The number of carbonyl (C=O) groups excluding carboxylic acids is 1. The number of hydrogen-bond acceptors (Lipinski definition) is 7. The summed E-state index contributed by atoms with van der Waals surface area (Å²) >= 11 is 1.35. The lowest BCUT2D eigenvalue weighted by Gasteiger charge is -2.31. The number of fused-ring (bicyclic) bond motifs is 1. The van der Waals surface area contributed by atoms with Crippen LogP contribution in [0.2, 0.25) is 0 Å². The molecule has 4 heterocycles. The number of aryl methyl sites for hydroxylation is 2. The van der Waals surface area contributed by atoms with E-state index in [1.165, 1.54) is 28.2 Å². The Morgan fingerprint density at radius 3 is 2.74 bits per heavy atom. The molecular weight excluding hydrogens is 456 g/mol. The van der Waals surface area contributed by atoms with Gasteiger partial charge in [0.1, 0.15) is 9.71 Å². The Morgan fingerprint density at radius 2 is 1.94 bits per heavy atom. The van der Waals surface area contributed by atoms with Gasteiger partial charge in [0.2, 0.25) is 0 Å².